The summed E-state index contributed by atoms with van der Waals surface area (Å²) in [5.41, 5.74) is 0. The minimum atomic E-state index is 0.203. The van der Waals surface area contributed by atoms with E-state index in [1.54, 1.807) is 6.20 Å². The van der Waals surface area contributed by atoms with Crippen molar-refractivity contribution in [2.24, 2.45) is 5.92 Å². The minimum absolute atomic E-state index is 0.203. The van der Waals surface area contributed by atoms with Gasteiger partial charge in [0.25, 0.3) is 0 Å². The standard InChI is InChI=1S/C15H24N4O/c1-11-16-4-6-19(11)7-5-17-15(20)10-12-8-13-2-3-14(9-12)18-13/h4,6,12-14,18H,2-3,5,7-10H2,1H3,(H,17,20). The van der Waals surface area contributed by atoms with Gasteiger partial charge in [-0.1, -0.05) is 0 Å². The number of amides is 1. The monoisotopic (exact) mass is 276 g/mol. The van der Waals surface area contributed by atoms with E-state index >= 15 is 0 Å². The van der Waals surface area contributed by atoms with Crippen LogP contribution in [0.15, 0.2) is 12.4 Å². The Morgan fingerprint density at radius 2 is 2.20 bits per heavy atom. The lowest BCUT2D eigenvalue weighted by molar-refractivity contribution is -0.122. The van der Waals surface area contributed by atoms with Gasteiger partial charge in [-0.3, -0.25) is 4.79 Å². The first kappa shape index (κ1) is 13.6. The minimum Gasteiger partial charge on any atom is -0.354 e. The molecule has 1 aromatic rings. The van der Waals surface area contributed by atoms with Crippen LogP contribution in [0.1, 0.15) is 37.9 Å². The molecule has 0 radical (unpaired) electrons. The van der Waals surface area contributed by atoms with Crippen LogP contribution in [-0.4, -0.2) is 34.1 Å². The van der Waals surface area contributed by atoms with Crippen molar-refractivity contribution in [3.63, 3.8) is 0 Å². The SMILES string of the molecule is Cc1nccn1CCNC(=O)CC1CC2CCC(C1)N2. The van der Waals surface area contributed by atoms with Crippen LogP contribution in [0.25, 0.3) is 0 Å². The van der Waals surface area contributed by atoms with Crippen LogP contribution in [0, 0.1) is 12.8 Å². The van der Waals surface area contributed by atoms with Crippen molar-refractivity contribution in [1.82, 2.24) is 20.2 Å². The predicted octanol–water partition coefficient (Wildman–Crippen LogP) is 1.23. The Morgan fingerprint density at radius 1 is 1.45 bits per heavy atom. The van der Waals surface area contributed by atoms with Crippen LogP contribution in [0.2, 0.25) is 0 Å². The van der Waals surface area contributed by atoms with Crippen molar-refractivity contribution in [1.29, 1.82) is 0 Å². The molecule has 5 nitrogen and oxygen atoms in total. The number of carbonyl (C=O) groups is 1. The highest BCUT2D eigenvalue weighted by molar-refractivity contribution is 5.76. The number of nitrogens with zero attached hydrogens (tertiary/aromatic N) is 2. The number of aromatic nitrogens is 2. The number of hydrogen-bond donors (Lipinski definition) is 2. The Kier molecular flexibility index (Phi) is 4.05. The summed E-state index contributed by atoms with van der Waals surface area (Å²) in [6.07, 6.45) is 9.37. The molecule has 0 aromatic carbocycles. The maximum Gasteiger partial charge on any atom is 0.220 e. The molecule has 2 atom stereocenters. The summed E-state index contributed by atoms with van der Waals surface area (Å²) < 4.78 is 2.06. The molecule has 2 unspecified atom stereocenters. The van der Waals surface area contributed by atoms with Crippen molar-refractivity contribution in [3.8, 4) is 0 Å². The Labute approximate surface area is 120 Å². The molecule has 1 amide bonds. The summed E-state index contributed by atoms with van der Waals surface area (Å²) >= 11 is 0. The van der Waals surface area contributed by atoms with E-state index in [0.717, 1.165) is 12.4 Å². The third-order valence-electron chi connectivity index (χ3n) is 4.64. The van der Waals surface area contributed by atoms with Gasteiger partial charge < -0.3 is 15.2 Å². The number of nitrogens with one attached hydrogen (secondary N) is 2. The lowest BCUT2D eigenvalue weighted by Gasteiger charge is -2.28. The first-order valence-corrected chi connectivity index (χ1v) is 7.71. The summed E-state index contributed by atoms with van der Waals surface area (Å²) in [4.78, 5) is 16.2. The van der Waals surface area contributed by atoms with Crippen molar-refractivity contribution in [2.45, 2.75) is 57.7 Å². The average Bonchev–Trinajstić information content (AvgIpc) is 2.96. The Bertz CT molecular complexity index is 458. The van der Waals surface area contributed by atoms with Gasteiger partial charge in [0.2, 0.25) is 5.91 Å². The summed E-state index contributed by atoms with van der Waals surface area (Å²) in [5, 5.41) is 6.66. The van der Waals surface area contributed by atoms with E-state index in [1.807, 2.05) is 13.1 Å². The van der Waals surface area contributed by atoms with Crippen molar-refractivity contribution >= 4 is 5.91 Å². The second kappa shape index (κ2) is 5.95. The number of aryl methyl sites for hydroxylation is 1. The molecule has 2 N–H and O–H groups in total. The summed E-state index contributed by atoms with van der Waals surface area (Å²) in [7, 11) is 0. The molecule has 2 fully saturated rings. The van der Waals surface area contributed by atoms with Crippen molar-refractivity contribution < 1.29 is 4.79 Å². The molecule has 2 bridgehead atoms. The first-order chi connectivity index (χ1) is 9.70. The van der Waals surface area contributed by atoms with E-state index in [-0.39, 0.29) is 5.91 Å². The highest BCUT2D eigenvalue weighted by Crippen LogP contribution is 2.32. The quantitative estimate of drug-likeness (QED) is 0.850. The van der Waals surface area contributed by atoms with E-state index in [4.69, 9.17) is 0 Å². The molecule has 3 heterocycles. The molecule has 2 saturated heterocycles. The Balaban J connectivity index is 1.38. The van der Waals surface area contributed by atoms with Crippen molar-refractivity contribution in [2.75, 3.05) is 6.54 Å². The maximum absolute atomic E-state index is 12.0. The molecule has 1 aromatic heterocycles. The van der Waals surface area contributed by atoms with Crippen LogP contribution < -0.4 is 10.6 Å². The number of fused-ring (bicyclic) bond motifs is 2. The molecule has 5 heteroatoms. The number of imidazole rings is 1. The molecule has 0 saturated carbocycles. The molecule has 0 spiro atoms. The number of rotatable bonds is 5. The zero-order valence-corrected chi connectivity index (χ0v) is 12.1. The average molecular weight is 276 g/mol. The molecule has 3 rings (SSSR count). The molecule has 0 aliphatic carbocycles. The zero-order chi connectivity index (χ0) is 13.9. The van der Waals surface area contributed by atoms with Crippen LogP contribution in [-0.2, 0) is 11.3 Å². The Hall–Kier alpha value is -1.36. The van der Waals surface area contributed by atoms with Gasteiger partial charge in [0, 0.05) is 44.0 Å². The fourth-order valence-electron chi connectivity index (χ4n) is 3.63. The fraction of sp³-hybridized carbons (Fsp3) is 0.733. The maximum atomic E-state index is 12.0. The first-order valence-electron chi connectivity index (χ1n) is 7.71. The van der Waals surface area contributed by atoms with Crippen LogP contribution >= 0.6 is 0 Å². The van der Waals surface area contributed by atoms with Gasteiger partial charge in [0.1, 0.15) is 5.82 Å². The van der Waals surface area contributed by atoms with Crippen molar-refractivity contribution in [3.05, 3.63) is 18.2 Å². The summed E-state index contributed by atoms with van der Waals surface area (Å²) in [6, 6.07) is 1.33. The third kappa shape index (κ3) is 3.20. The lowest BCUT2D eigenvalue weighted by Crippen LogP contribution is -2.40. The summed E-state index contributed by atoms with van der Waals surface area (Å²) in [6.45, 7) is 3.47. The number of carbonyl (C=O) groups excluding carboxylic acids is 1. The van der Waals surface area contributed by atoms with E-state index in [2.05, 4.69) is 20.2 Å². The van der Waals surface area contributed by atoms with Crippen LogP contribution in [0.4, 0.5) is 0 Å². The van der Waals surface area contributed by atoms with Gasteiger partial charge in [-0.15, -0.1) is 0 Å². The van der Waals surface area contributed by atoms with Gasteiger partial charge in [-0.05, 0) is 38.5 Å². The highest BCUT2D eigenvalue weighted by atomic mass is 16.1. The van der Waals surface area contributed by atoms with E-state index in [9.17, 15) is 4.79 Å². The van der Waals surface area contributed by atoms with E-state index in [0.29, 0.717) is 31.0 Å². The van der Waals surface area contributed by atoms with Gasteiger partial charge in [0.05, 0.1) is 0 Å². The van der Waals surface area contributed by atoms with Gasteiger partial charge in [-0.2, -0.15) is 0 Å². The molecule has 2 aliphatic heterocycles. The largest absolute Gasteiger partial charge is 0.354 e. The zero-order valence-electron chi connectivity index (χ0n) is 12.1. The lowest BCUT2D eigenvalue weighted by atomic mass is 9.89. The Morgan fingerprint density at radius 3 is 2.85 bits per heavy atom. The fourth-order valence-corrected chi connectivity index (χ4v) is 3.63. The van der Waals surface area contributed by atoms with Gasteiger partial charge in [0.15, 0.2) is 0 Å². The molecule has 2 aliphatic rings. The second-order valence-corrected chi connectivity index (χ2v) is 6.20. The molecular formula is C15H24N4O. The third-order valence-corrected chi connectivity index (χ3v) is 4.64. The smallest absolute Gasteiger partial charge is 0.220 e. The highest BCUT2D eigenvalue weighted by Gasteiger charge is 2.33. The normalized spacial score (nSPS) is 28.6. The second-order valence-electron chi connectivity index (χ2n) is 6.20. The van der Waals surface area contributed by atoms with Crippen LogP contribution in [0.3, 0.4) is 0 Å². The van der Waals surface area contributed by atoms with Gasteiger partial charge in [-0.25, -0.2) is 4.98 Å². The van der Waals surface area contributed by atoms with E-state index < -0.39 is 0 Å². The molecular weight excluding hydrogens is 252 g/mol. The van der Waals surface area contributed by atoms with Gasteiger partial charge >= 0.3 is 0 Å². The molecule has 20 heavy (non-hydrogen) atoms. The summed E-state index contributed by atoms with van der Waals surface area (Å²) in [5.74, 6) is 1.77. The number of hydrogen-bond acceptors (Lipinski definition) is 3. The topological polar surface area (TPSA) is 59.0 Å². The molecule has 110 valence electrons. The van der Waals surface area contributed by atoms with E-state index in [1.165, 1.54) is 25.7 Å². The number of piperidine rings is 1. The predicted molar refractivity (Wildman–Crippen MR) is 77.3 cm³/mol. The van der Waals surface area contributed by atoms with Crippen LogP contribution in [0.5, 0.6) is 0 Å².